The summed E-state index contributed by atoms with van der Waals surface area (Å²) in [6.45, 7) is 1.71. The molecule has 0 aliphatic rings. The van der Waals surface area contributed by atoms with Crippen molar-refractivity contribution in [1.82, 2.24) is 0 Å². The van der Waals surface area contributed by atoms with Gasteiger partial charge in [0, 0.05) is 17.8 Å². The van der Waals surface area contributed by atoms with Crippen molar-refractivity contribution < 1.29 is 27.1 Å². The van der Waals surface area contributed by atoms with Gasteiger partial charge in [0.15, 0.2) is 0 Å². The second kappa shape index (κ2) is 6.71. The number of halogens is 3. The molecule has 1 aromatic carbocycles. The van der Waals surface area contributed by atoms with E-state index in [9.17, 15) is 17.6 Å². The molecule has 0 aliphatic carbocycles. The predicted octanol–water partition coefficient (Wildman–Crippen LogP) is 2.60. The van der Waals surface area contributed by atoms with E-state index in [4.69, 9.17) is 31.8 Å². The number of hydrogen-bond acceptors (Lipinski definition) is 5. The second-order valence-corrected chi connectivity index (χ2v) is 6.81. The fourth-order valence-corrected chi connectivity index (χ4v) is 2.52. The number of esters is 1. The SMILES string of the molecule is COCC(C)OC(=O)c1cc(S(=O)(=O)Cl)c(F)cc1Cl. The maximum atomic E-state index is 13.5. The van der Waals surface area contributed by atoms with E-state index in [2.05, 4.69) is 0 Å². The molecule has 0 fully saturated rings. The van der Waals surface area contributed by atoms with E-state index in [1.54, 1.807) is 6.92 Å². The van der Waals surface area contributed by atoms with Gasteiger partial charge in [0.2, 0.25) is 0 Å². The normalized spacial score (nSPS) is 13.1. The van der Waals surface area contributed by atoms with Gasteiger partial charge in [-0.1, -0.05) is 11.6 Å². The second-order valence-electron chi connectivity index (χ2n) is 3.87. The van der Waals surface area contributed by atoms with Gasteiger partial charge in [0.05, 0.1) is 17.2 Å². The lowest BCUT2D eigenvalue weighted by molar-refractivity contribution is 0.0120. The molecule has 0 N–H and O–H groups in total. The molecule has 0 aromatic heterocycles. The van der Waals surface area contributed by atoms with Gasteiger partial charge in [-0.05, 0) is 19.1 Å². The Balaban J connectivity index is 3.16. The van der Waals surface area contributed by atoms with Crippen molar-refractivity contribution in [2.75, 3.05) is 13.7 Å². The molecular formula is C11H11Cl2FO5S. The van der Waals surface area contributed by atoms with Gasteiger partial charge in [-0.3, -0.25) is 0 Å². The van der Waals surface area contributed by atoms with Crippen molar-refractivity contribution in [3.8, 4) is 0 Å². The van der Waals surface area contributed by atoms with Crippen LogP contribution in [0.15, 0.2) is 17.0 Å². The van der Waals surface area contributed by atoms with Gasteiger partial charge in [0.25, 0.3) is 9.05 Å². The molecule has 1 atom stereocenters. The molecular weight excluding hydrogens is 334 g/mol. The topological polar surface area (TPSA) is 69.7 Å². The third-order valence-electron chi connectivity index (χ3n) is 2.21. The molecule has 20 heavy (non-hydrogen) atoms. The number of methoxy groups -OCH3 is 1. The average Bonchev–Trinajstić information content (AvgIpc) is 2.26. The molecule has 0 bridgehead atoms. The molecule has 1 aromatic rings. The number of rotatable bonds is 5. The molecule has 0 saturated heterocycles. The Kier molecular flexibility index (Phi) is 5.76. The first-order valence-electron chi connectivity index (χ1n) is 5.30. The summed E-state index contributed by atoms with van der Waals surface area (Å²) in [5.41, 5.74) is -0.296. The molecule has 9 heteroatoms. The molecule has 0 spiro atoms. The van der Waals surface area contributed by atoms with Crippen LogP contribution in [0.25, 0.3) is 0 Å². The van der Waals surface area contributed by atoms with E-state index in [0.717, 1.165) is 6.07 Å². The van der Waals surface area contributed by atoms with Gasteiger partial charge in [-0.2, -0.15) is 0 Å². The van der Waals surface area contributed by atoms with Crippen LogP contribution in [-0.2, 0) is 18.5 Å². The Morgan fingerprint density at radius 3 is 2.55 bits per heavy atom. The minimum absolute atomic E-state index is 0.144. The summed E-state index contributed by atoms with van der Waals surface area (Å²) in [6, 6.07) is 1.43. The fourth-order valence-electron chi connectivity index (χ4n) is 1.39. The molecule has 0 amide bonds. The van der Waals surface area contributed by atoms with E-state index in [-0.39, 0.29) is 17.2 Å². The summed E-state index contributed by atoms with van der Waals surface area (Å²) < 4.78 is 45.5. The van der Waals surface area contributed by atoms with E-state index in [1.165, 1.54) is 7.11 Å². The quantitative estimate of drug-likeness (QED) is 0.606. The summed E-state index contributed by atoms with van der Waals surface area (Å²) in [5, 5.41) is -0.277. The van der Waals surface area contributed by atoms with Crippen molar-refractivity contribution >= 4 is 37.3 Å². The number of benzene rings is 1. The van der Waals surface area contributed by atoms with Crippen molar-refractivity contribution in [3.63, 3.8) is 0 Å². The van der Waals surface area contributed by atoms with Crippen LogP contribution >= 0.6 is 22.3 Å². The van der Waals surface area contributed by atoms with Crippen LogP contribution in [0.3, 0.4) is 0 Å². The lowest BCUT2D eigenvalue weighted by atomic mass is 10.2. The number of ether oxygens (including phenoxy) is 2. The first kappa shape index (κ1) is 17.2. The van der Waals surface area contributed by atoms with Crippen LogP contribution < -0.4 is 0 Å². The van der Waals surface area contributed by atoms with E-state index >= 15 is 0 Å². The first-order valence-corrected chi connectivity index (χ1v) is 7.99. The first-order chi connectivity index (χ1) is 9.16. The Bertz CT molecular complexity index is 617. The molecule has 1 rings (SSSR count). The Morgan fingerprint density at radius 2 is 2.05 bits per heavy atom. The van der Waals surface area contributed by atoms with Gasteiger partial charge in [-0.15, -0.1) is 0 Å². The van der Waals surface area contributed by atoms with Crippen LogP contribution in [0.5, 0.6) is 0 Å². The van der Waals surface area contributed by atoms with Crippen LogP contribution in [-0.4, -0.2) is 34.2 Å². The monoisotopic (exact) mass is 344 g/mol. The molecule has 0 aliphatic heterocycles. The summed E-state index contributed by atoms with van der Waals surface area (Å²) in [5.74, 6) is -2.05. The third kappa shape index (κ3) is 4.31. The third-order valence-corrected chi connectivity index (χ3v) is 3.86. The van der Waals surface area contributed by atoms with E-state index in [1.807, 2.05) is 0 Å². The highest BCUT2D eigenvalue weighted by Gasteiger charge is 2.23. The zero-order chi connectivity index (χ0) is 15.5. The molecule has 0 heterocycles. The molecule has 5 nitrogen and oxygen atoms in total. The highest BCUT2D eigenvalue weighted by Crippen LogP contribution is 2.27. The highest BCUT2D eigenvalue weighted by atomic mass is 35.7. The predicted molar refractivity (Wildman–Crippen MR) is 71.2 cm³/mol. The van der Waals surface area contributed by atoms with Crippen molar-refractivity contribution in [3.05, 3.63) is 28.5 Å². The standard InChI is InChI=1S/C11H11Cl2FO5S/c1-6(5-18-2)19-11(15)7-3-10(20(13,16)17)9(14)4-8(7)12/h3-4,6H,5H2,1-2H3. The largest absolute Gasteiger partial charge is 0.457 e. The number of carbonyl (C=O) groups is 1. The minimum atomic E-state index is -4.34. The maximum Gasteiger partial charge on any atom is 0.340 e. The zero-order valence-electron chi connectivity index (χ0n) is 10.5. The van der Waals surface area contributed by atoms with Gasteiger partial charge in [0.1, 0.15) is 16.8 Å². The average molecular weight is 345 g/mol. The van der Waals surface area contributed by atoms with Crippen molar-refractivity contribution in [2.45, 2.75) is 17.9 Å². The molecule has 0 radical (unpaired) electrons. The summed E-state index contributed by atoms with van der Waals surface area (Å²) in [7, 11) is 2.15. The Hall–Kier alpha value is -0.890. The van der Waals surface area contributed by atoms with Crippen LogP contribution in [0, 0.1) is 5.82 Å². The maximum absolute atomic E-state index is 13.5. The number of carbonyl (C=O) groups excluding carboxylic acids is 1. The molecule has 112 valence electrons. The Labute approximate surface area is 125 Å². The van der Waals surface area contributed by atoms with E-state index < -0.39 is 31.8 Å². The summed E-state index contributed by atoms with van der Waals surface area (Å²) in [4.78, 5) is 11.0. The van der Waals surface area contributed by atoms with Gasteiger partial charge in [-0.25, -0.2) is 17.6 Å². The fraction of sp³-hybridized carbons (Fsp3) is 0.364. The number of hydrogen-bond donors (Lipinski definition) is 0. The van der Waals surface area contributed by atoms with Crippen LogP contribution in [0.2, 0.25) is 5.02 Å². The lowest BCUT2D eigenvalue weighted by Crippen LogP contribution is -2.20. The van der Waals surface area contributed by atoms with Gasteiger partial charge >= 0.3 is 5.97 Å². The zero-order valence-corrected chi connectivity index (χ0v) is 12.9. The summed E-state index contributed by atoms with van der Waals surface area (Å²) >= 11 is 5.70. The summed E-state index contributed by atoms with van der Waals surface area (Å²) in [6.07, 6.45) is -0.579. The van der Waals surface area contributed by atoms with Crippen LogP contribution in [0.4, 0.5) is 4.39 Å². The van der Waals surface area contributed by atoms with Crippen molar-refractivity contribution in [1.29, 1.82) is 0 Å². The molecule has 0 saturated carbocycles. The Morgan fingerprint density at radius 1 is 1.45 bits per heavy atom. The van der Waals surface area contributed by atoms with Crippen molar-refractivity contribution in [2.24, 2.45) is 0 Å². The van der Waals surface area contributed by atoms with E-state index in [0.29, 0.717) is 6.07 Å². The lowest BCUT2D eigenvalue weighted by Gasteiger charge is -2.13. The minimum Gasteiger partial charge on any atom is -0.457 e. The highest BCUT2D eigenvalue weighted by molar-refractivity contribution is 8.13. The van der Waals surface area contributed by atoms with Gasteiger partial charge < -0.3 is 9.47 Å². The van der Waals surface area contributed by atoms with Crippen LogP contribution in [0.1, 0.15) is 17.3 Å². The molecule has 1 unspecified atom stereocenters. The smallest absolute Gasteiger partial charge is 0.340 e.